The lowest BCUT2D eigenvalue weighted by Crippen LogP contribution is -2.50. The molecule has 7 nitrogen and oxygen atoms in total. The minimum Gasteiger partial charge on any atom is -0.465 e. The highest BCUT2D eigenvalue weighted by Crippen LogP contribution is 2.52. The molecule has 0 bridgehead atoms. The molecule has 0 spiro atoms. The Morgan fingerprint density at radius 2 is 1.82 bits per heavy atom. The van der Waals surface area contributed by atoms with Gasteiger partial charge in [-0.3, -0.25) is 10.1 Å². The Balaban J connectivity index is 1.61. The van der Waals surface area contributed by atoms with Gasteiger partial charge in [0.05, 0.1) is 5.25 Å². The molecule has 4 atom stereocenters. The predicted molar refractivity (Wildman–Crippen MR) is 106 cm³/mol. The van der Waals surface area contributed by atoms with E-state index < -0.39 is 23.8 Å². The fourth-order valence-corrected chi connectivity index (χ4v) is 4.82. The molecule has 2 heterocycles. The number of ether oxygens (including phenoxy) is 1. The molecule has 0 radical (unpaired) electrons. The largest absolute Gasteiger partial charge is 0.465 e. The van der Waals surface area contributed by atoms with Crippen molar-refractivity contribution in [3.05, 3.63) is 71.8 Å². The van der Waals surface area contributed by atoms with Crippen LogP contribution in [-0.2, 0) is 9.53 Å². The first kappa shape index (κ1) is 18.8. The molecule has 2 fully saturated rings. The number of carbonyl (C=O) groups is 2. The lowest BCUT2D eigenvalue weighted by Gasteiger charge is -2.26. The number of amides is 2. The van der Waals surface area contributed by atoms with Gasteiger partial charge in [0.25, 0.3) is 0 Å². The molecule has 2 aromatic rings. The van der Waals surface area contributed by atoms with E-state index in [4.69, 9.17) is 4.74 Å². The Labute approximate surface area is 166 Å². The zero-order valence-corrected chi connectivity index (χ0v) is 15.8. The maximum Gasteiger partial charge on any atom is 0.405 e. The second-order valence-electron chi connectivity index (χ2n) is 6.69. The summed E-state index contributed by atoms with van der Waals surface area (Å²) in [6.45, 7) is 0.770. The van der Waals surface area contributed by atoms with Gasteiger partial charge < -0.3 is 20.5 Å². The molecular formula is C20H21N3O4S. The van der Waals surface area contributed by atoms with Crippen LogP contribution in [0.2, 0.25) is 0 Å². The van der Waals surface area contributed by atoms with Gasteiger partial charge in [-0.05, 0) is 11.1 Å². The monoisotopic (exact) mass is 399 g/mol. The average molecular weight is 399 g/mol. The Morgan fingerprint density at radius 3 is 2.50 bits per heavy atom. The van der Waals surface area contributed by atoms with Crippen LogP contribution in [0.1, 0.15) is 22.4 Å². The van der Waals surface area contributed by atoms with Crippen LogP contribution in [0.5, 0.6) is 0 Å². The topological polar surface area (TPSA) is 103 Å². The Kier molecular flexibility index (Phi) is 5.25. The van der Waals surface area contributed by atoms with Gasteiger partial charge >= 0.3 is 6.09 Å². The fraction of sp³-hybridized carbons (Fsp3) is 0.300. The number of epoxide rings is 1. The van der Waals surface area contributed by atoms with Gasteiger partial charge in [-0.25, -0.2) is 4.79 Å². The van der Waals surface area contributed by atoms with Gasteiger partial charge in [-0.1, -0.05) is 60.7 Å². The van der Waals surface area contributed by atoms with Gasteiger partial charge in [0.2, 0.25) is 5.91 Å². The molecular weight excluding hydrogens is 378 g/mol. The van der Waals surface area contributed by atoms with Gasteiger partial charge in [-0.2, -0.15) is 0 Å². The highest BCUT2D eigenvalue weighted by Gasteiger charge is 2.64. The van der Waals surface area contributed by atoms with Gasteiger partial charge in [-0.15, -0.1) is 11.8 Å². The number of carboxylic acid groups (broad SMARTS) is 1. The number of carbonyl (C=O) groups excluding carboxylic acids is 1. The highest BCUT2D eigenvalue weighted by molar-refractivity contribution is 7.99. The molecule has 146 valence electrons. The average Bonchev–Trinajstić information content (AvgIpc) is 3.41. The molecule has 28 heavy (non-hydrogen) atoms. The molecule has 4 N–H and O–H groups in total. The minimum absolute atomic E-state index is 0.0982. The van der Waals surface area contributed by atoms with E-state index in [9.17, 15) is 14.7 Å². The second-order valence-corrected chi connectivity index (χ2v) is 7.90. The second kappa shape index (κ2) is 7.83. The Bertz CT molecular complexity index is 851. The minimum atomic E-state index is -1.26. The summed E-state index contributed by atoms with van der Waals surface area (Å²) in [5.41, 5.74) is 0.718. The Morgan fingerprint density at radius 1 is 1.14 bits per heavy atom. The molecule has 2 amide bonds. The summed E-state index contributed by atoms with van der Waals surface area (Å²) in [5, 5.41) is 17.7. The molecule has 8 heteroatoms. The summed E-state index contributed by atoms with van der Waals surface area (Å²) in [5.74, 6) is 0.438. The molecule has 0 aromatic heterocycles. The van der Waals surface area contributed by atoms with Crippen molar-refractivity contribution in [3.63, 3.8) is 0 Å². The third-order valence-electron chi connectivity index (χ3n) is 4.83. The SMILES string of the molecule is O=C(O)N[C@H](C(=O)NC12OC1NCCSC2c1ccccc1)c1ccccc1. The number of hydrogen-bond acceptors (Lipinski definition) is 5. The van der Waals surface area contributed by atoms with E-state index in [0.717, 1.165) is 17.9 Å². The first-order chi connectivity index (χ1) is 13.6. The third-order valence-corrected chi connectivity index (χ3v) is 6.23. The van der Waals surface area contributed by atoms with E-state index >= 15 is 0 Å². The van der Waals surface area contributed by atoms with Gasteiger partial charge in [0.1, 0.15) is 6.04 Å². The van der Waals surface area contributed by atoms with Crippen molar-refractivity contribution in [2.45, 2.75) is 23.2 Å². The van der Waals surface area contributed by atoms with E-state index in [-0.39, 0.29) is 11.5 Å². The standard InChI is InChI=1S/C20H21N3O4S/c24-17(15(22-19(25)26)13-7-3-1-4-8-13)23-20-16(14-9-5-2-6-10-14)28-12-11-21-18(20)27-20/h1-10,15-16,18,21-22H,11-12H2,(H,23,24)(H,25,26)/t15-,16?,18?,20?/m0/s1. The van der Waals surface area contributed by atoms with E-state index in [1.54, 1.807) is 36.0 Å². The Hall–Kier alpha value is -2.55. The highest BCUT2D eigenvalue weighted by atomic mass is 32.2. The number of hydrogen-bond donors (Lipinski definition) is 4. The molecule has 2 aliphatic rings. The van der Waals surface area contributed by atoms with E-state index in [2.05, 4.69) is 16.0 Å². The quantitative estimate of drug-likeness (QED) is 0.575. The van der Waals surface area contributed by atoms with E-state index in [1.807, 2.05) is 36.4 Å². The first-order valence-electron chi connectivity index (χ1n) is 9.04. The van der Waals surface area contributed by atoms with Crippen molar-refractivity contribution in [1.82, 2.24) is 16.0 Å². The van der Waals surface area contributed by atoms with Crippen LogP contribution >= 0.6 is 11.8 Å². The lowest BCUT2D eigenvalue weighted by atomic mass is 10.0. The van der Waals surface area contributed by atoms with Crippen molar-refractivity contribution in [1.29, 1.82) is 0 Å². The summed E-state index contributed by atoms with van der Waals surface area (Å²) < 4.78 is 5.94. The van der Waals surface area contributed by atoms with Crippen LogP contribution in [0.15, 0.2) is 60.7 Å². The number of nitrogens with one attached hydrogen (secondary N) is 3. The molecule has 3 unspecified atom stereocenters. The fourth-order valence-electron chi connectivity index (χ4n) is 3.51. The zero-order chi connectivity index (χ0) is 19.6. The van der Waals surface area contributed by atoms with Crippen LogP contribution in [0, 0.1) is 0 Å². The molecule has 0 aliphatic carbocycles. The third kappa shape index (κ3) is 3.71. The molecule has 2 aromatic carbocycles. The molecule has 4 rings (SSSR count). The van der Waals surface area contributed by atoms with Crippen LogP contribution in [-0.4, -0.2) is 41.4 Å². The van der Waals surface area contributed by atoms with Crippen LogP contribution in [0.25, 0.3) is 0 Å². The maximum absolute atomic E-state index is 13.1. The van der Waals surface area contributed by atoms with Gasteiger partial charge in [0, 0.05) is 12.3 Å². The normalized spacial score (nSPS) is 27.0. The molecule has 0 saturated carbocycles. The summed E-state index contributed by atoms with van der Waals surface area (Å²) in [7, 11) is 0. The van der Waals surface area contributed by atoms with Crippen molar-refractivity contribution >= 4 is 23.8 Å². The zero-order valence-electron chi connectivity index (χ0n) is 15.0. The van der Waals surface area contributed by atoms with E-state index in [0.29, 0.717) is 5.56 Å². The maximum atomic E-state index is 13.1. The van der Waals surface area contributed by atoms with Crippen molar-refractivity contribution in [3.8, 4) is 0 Å². The first-order valence-corrected chi connectivity index (χ1v) is 10.1. The number of rotatable bonds is 5. The lowest BCUT2D eigenvalue weighted by molar-refractivity contribution is -0.125. The summed E-state index contributed by atoms with van der Waals surface area (Å²) >= 11 is 1.71. The van der Waals surface area contributed by atoms with Crippen LogP contribution < -0.4 is 16.0 Å². The predicted octanol–water partition coefficient (Wildman–Crippen LogP) is 2.24. The summed E-state index contributed by atoms with van der Waals surface area (Å²) in [6, 6.07) is 17.7. The smallest absolute Gasteiger partial charge is 0.405 e. The summed E-state index contributed by atoms with van der Waals surface area (Å²) in [6.07, 6.45) is -1.57. The van der Waals surface area contributed by atoms with Crippen LogP contribution in [0.4, 0.5) is 4.79 Å². The number of benzene rings is 2. The van der Waals surface area contributed by atoms with E-state index in [1.165, 1.54) is 0 Å². The van der Waals surface area contributed by atoms with Crippen molar-refractivity contribution < 1.29 is 19.4 Å². The molecule has 2 saturated heterocycles. The molecule has 2 aliphatic heterocycles. The van der Waals surface area contributed by atoms with Gasteiger partial charge in [0.15, 0.2) is 12.0 Å². The number of thioether (sulfide) groups is 1. The van der Waals surface area contributed by atoms with Crippen molar-refractivity contribution in [2.75, 3.05) is 12.3 Å². The van der Waals surface area contributed by atoms with Crippen molar-refractivity contribution in [2.24, 2.45) is 0 Å². The summed E-state index contributed by atoms with van der Waals surface area (Å²) in [4.78, 5) is 24.4. The number of fused-ring (bicyclic) bond motifs is 1. The van der Waals surface area contributed by atoms with Crippen LogP contribution in [0.3, 0.4) is 0 Å².